The molecular weight excluding hydrogens is 290 g/mol. The van der Waals surface area contributed by atoms with Crippen molar-refractivity contribution >= 4 is 23.2 Å². The number of rotatable bonds is 3. The molecule has 0 aromatic heterocycles. The van der Waals surface area contributed by atoms with E-state index in [0.717, 1.165) is 12.8 Å². The number of amides is 1. The number of carbonyl (C=O) groups is 1. The number of benzene rings is 1. The Labute approximate surface area is 129 Å². The van der Waals surface area contributed by atoms with Gasteiger partial charge in [0.2, 0.25) is 5.91 Å². The lowest BCUT2D eigenvalue weighted by Crippen LogP contribution is -2.28. The van der Waals surface area contributed by atoms with Crippen molar-refractivity contribution in [3.8, 4) is 11.8 Å². The number of ether oxygens (including phenoxy) is 1. The highest BCUT2D eigenvalue weighted by Gasteiger charge is 2.22. The summed E-state index contributed by atoms with van der Waals surface area (Å²) in [6.45, 7) is 1.26. The number of anilines is 1. The maximum atomic E-state index is 12.2. The Morgan fingerprint density at radius 3 is 2.90 bits per heavy atom. The minimum atomic E-state index is -0.0207. The fourth-order valence-electron chi connectivity index (χ4n) is 2.14. The SMILES string of the molecule is O=C(Nc1ccc(Cl)cc1C#CCCO)C1CCOCC1. The largest absolute Gasteiger partial charge is 0.395 e. The molecule has 1 fully saturated rings. The number of carbonyl (C=O) groups excluding carboxylic acids is 1. The van der Waals surface area contributed by atoms with E-state index in [-0.39, 0.29) is 18.4 Å². The number of hydrogen-bond acceptors (Lipinski definition) is 3. The van der Waals surface area contributed by atoms with Crippen molar-refractivity contribution in [2.75, 3.05) is 25.1 Å². The second-order valence-corrected chi connectivity index (χ2v) is 5.28. The molecule has 1 amide bonds. The summed E-state index contributed by atoms with van der Waals surface area (Å²) >= 11 is 5.97. The minimum absolute atomic E-state index is 0.00849. The smallest absolute Gasteiger partial charge is 0.227 e. The molecule has 1 heterocycles. The summed E-state index contributed by atoms with van der Waals surface area (Å²) in [5, 5.41) is 12.3. The van der Waals surface area contributed by atoms with E-state index in [1.165, 1.54) is 0 Å². The molecule has 0 unspecified atom stereocenters. The summed E-state index contributed by atoms with van der Waals surface area (Å²) in [4.78, 5) is 12.2. The molecule has 112 valence electrons. The predicted octanol–water partition coefficient (Wildman–Crippen LogP) is 2.44. The highest BCUT2D eigenvalue weighted by atomic mass is 35.5. The Bertz CT molecular complexity index is 556. The molecule has 1 aromatic carbocycles. The van der Waals surface area contributed by atoms with E-state index in [0.29, 0.717) is 35.9 Å². The highest BCUT2D eigenvalue weighted by Crippen LogP contribution is 2.22. The van der Waals surface area contributed by atoms with Crippen molar-refractivity contribution in [3.63, 3.8) is 0 Å². The lowest BCUT2D eigenvalue weighted by molar-refractivity contribution is -0.122. The van der Waals surface area contributed by atoms with Crippen molar-refractivity contribution in [1.29, 1.82) is 0 Å². The van der Waals surface area contributed by atoms with E-state index in [1.54, 1.807) is 18.2 Å². The molecule has 0 aliphatic carbocycles. The van der Waals surface area contributed by atoms with Gasteiger partial charge in [-0.3, -0.25) is 4.79 Å². The van der Waals surface area contributed by atoms with E-state index in [2.05, 4.69) is 17.2 Å². The molecule has 1 aromatic rings. The standard InChI is InChI=1S/C16H18ClNO3/c17-14-4-5-15(13(11-14)3-1-2-8-19)18-16(20)12-6-9-21-10-7-12/h4-5,11-12,19H,2,6-10H2,(H,18,20). The molecule has 2 N–H and O–H groups in total. The average Bonchev–Trinajstić information content (AvgIpc) is 2.51. The third kappa shape index (κ3) is 4.75. The molecule has 4 nitrogen and oxygen atoms in total. The van der Waals surface area contributed by atoms with Crippen LogP contribution in [0.4, 0.5) is 5.69 Å². The van der Waals surface area contributed by atoms with Crippen LogP contribution < -0.4 is 5.32 Å². The summed E-state index contributed by atoms with van der Waals surface area (Å²) in [6.07, 6.45) is 1.87. The van der Waals surface area contributed by atoms with Gasteiger partial charge >= 0.3 is 0 Å². The van der Waals surface area contributed by atoms with Gasteiger partial charge in [0, 0.05) is 36.1 Å². The van der Waals surface area contributed by atoms with Crippen molar-refractivity contribution in [3.05, 3.63) is 28.8 Å². The van der Waals surface area contributed by atoms with Crippen LogP contribution in [0.15, 0.2) is 18.2 Å². The molecule has 0 saturated carbocycles. The van der Waals surface area contributed by atoms with Crippen LogP contribution in [0, 0.1) is 17.8 Å². The Kier molecular flexibility index (Phi) is 6.06. The van der Waals surface area contributed by atoms with Crippen LogP contribution in [0.25, 0.3) is 0 Å². The van der Waals surface area contributed by atoms with Crippen molar-refractivity contribution in [1.82, 2.24) is 0 Å². The molecule has 2 rings (SSSR count). The molecule has 1 aliphatic rings. The van der Waals surface area contributed by atoms with Gasteiger partial charge < -0.3 is 15.2 Å². The summed E-state index contributed by atoms with van der Waals surface area (Å²) < 4.78 is 5.26. The Hall–Kier alpha value is -1.54. The first-order valence-corrected chi connectivity index (χ1v) is 7.36. The van der Waals surface area contributed by atoms with Gasteiger partial charge in [0.05, 0.1) is 12.3 Å². The average molecular weight is 308 g/mol. The van der Waals surface area contributed by atoms with Crippen molar-refractivity contribution < 1.29 is 14.6 Å². The summed E-state index contributed by atoms with van der Waals surface area (Å²) in [5.74, 6) is 5.74. The number of hydrogen-bond donors (Lipinski definition) is 2. The van der Waals surface area contributed by atoms with Gasteiger partial charge in [-0.2, -0.15) is 0 Å². The van der Waals surface area contributed by atoms with E-state index in [1.807, 2.05) is 0 Å². The number of halogens is 1. The zero-order chi connectivity index (χ0) is 15.1. The van der Waals surface area contributed by atoms with E-state index >= 15 is 0 Å². The van der Waals surface area contributed by atoms with Gasteiger partial charge in [0.15, 0.2) is 0 Å². The zero-order valence-electron chi connectivity index (χ0n) is 11.7. The van der Waals surface area contributed by atoms with E-state index in [9.17, 15) is 4.79 Å². The zero-order valence-corrected chi connectivity index (χ0v) is 12.4. The monoisotopic (exact) mass is 307 g/mol. The minimum Gasteiger partial charge on any atom is -0.395 e. The van der Waals surface area contributed by atoms with Crippen molar-refractivity contribution in [2.24, 2.45) is 5.92 Å². The maximum Gasteiger partial charge on any atom is 0.227 e. The van der Waals surface area contributed by atoms with Crippen LogP contribution in [-0.4, -0.2) is 30.8 Å². The quantitative estimate of drug-likeness (QED) is 0.843. The van der Waals surface area contributed by atoms with Crippen LogP contribution in [0.2, 0.25) is 5.02 Å². The maximum absolute atomic E-state index is 12.2. The summed E-state index contributed by atoms with van der Waals surface area (Å²) in [6, 6.07) is 5.19. The van der Waals surface area contributed by atoms with Crippen LogP contribution in [-0.2, 0) is 9.53 Å². The van der Waals surface area contributed by atoms with Crippen molar-refractivity contribution in [2.45, 2.75) is 19.3 Å². The first-order chi connectivity index (χ1) is 10.2. The van der Waals surface area contributed by atoms with E-state index in [4.69, 9.17) is 21.4 Å². The molecule has 1 saturated heterocycles. The van der Waals surface area contributed by atoms with Gasteiger partial charge in [-0.05, 0) is 31.0 Å². The van der Waals surface area contributed by atoms with Crippen LogP contribution >= 0.6 is 11.6 Å². The molecule has 1 aliphatic heterocycles. The molecule has 0 atom stereocenters. The van der Waals surface area contributed by atoms with Crippen LogP contribution in [0.5, 0.6) is 0 Å². The second kappa shape index (κ2) is 8.04. The highest BCUT2D eigenvalue weighted by molar-refractivity contribution is 6.30. The molecule has 5 heteroatoms. The molecule has 0 radical (unpaired) electrons. The molecule has 0 spiro atoms. The number of nitrogens with one attached hydrogen (secondary N) is 1. The van der Waals surface area contributed by atoms with Gasteiger partial charge in [-0.15, -0.1) is 0 Å². The Morgan fingerprint density at radius 1 is 1.43 bits per heavy atom. The van der Waals surface area contributed by atoms with E-state index < -0.39 is 0 Å². The first-order valence-electron chi connectivity index (χ1n) is 6.98. The van der Waals surface area contributed by atoms with Crippen LogP contribution in [0.1, 0.15) is 24.8 Å². The topological polar surface area (TPSA) is 58.6 Å². The Balaban J connectivity index is 2.11. The Morgan fingerprint density at radius 2 is 2.19 bits per heavy atom. The third-order valence-electron chi connectivity index (χ3n) is 3.29. The van der Waals surface area contributed by atoms with Crippen LogP contribution in [0.3, 0.4) is 0 Å². The van der Waals surface area contributed by atoms with Gasteiger partial charge in [0.1, 0.15) is 0 Å². The van der Waals surface area contributed by atoms with Gasteiger partial charge in [-0.1, -0.05) is 23.4 Å². The van der Waals surface area contributed by atoms with Gasteiger partial charge in [-0.25, -0.2) is 0 Å². The number of aliphatic hydroxyl groups excluding tert-OH is 1. The summed E-state index contributed by atoms with van der Waals surface area (Å²) in [7, 11) is 0. The third-order valence-corrected chi connectivity index (χ3v) is 3.53. The predicted molar refractivity (Wildman–Crippen MR) is 82.2 cm³/mol. The fraction of sp³-hybridized carbons (Fsp3) is 0.438. The normalized spacial score (nSPS) is 15.1. The molecular formula is C16H18ClNO3. The first kappa shape index (κ1) is 15.8. The number of aliphatic hydroxyl groups is 1. The second-order valence-electron chi connectivity index (χ2n) is 4.84. The fourth-order valence-corrected chi connectivity index (χ4v) is 2.31. The van der Waals surface area contributed by atoms with Gasteiger partial charge in [0.25, 0.3) is 0 Å². The lowest BCUT2D eigenvalue weighted by atomic mass is 9.99. The lowest BCUT2D eigenvalue weighted by Gasteiger charge is -2.21. The summed E-state index contributed by atoms with van der Waals surface area (Å²) in [5.41, 5.74) is 1.32. The molecule has 21 heavy (non-hydrogen) atoms. The molecule has 0 bridgehead atoms.